The molecule has 0 saturated heterocycles. The number of aromatic nitrogens is 2. The van der Waals surface area contributed by atoms with Gasteiger partial charge in [0.25, 0.3) is 11.5 Å². The molecule has 0 aliphatic heterocycles. The third-order valence-corrected chi connectivity index (χ3v) is 4.08. The minimum absolute atomic E-state index is 0.159. The Morgan fingerprint density at radius 3 is 2.44 bits per heavy atom. The lowest BCUT2D eigenvalue weighted by atomic mass is 10.2. The predicted octanol–water partition coefficient (Wildman–Crippen LogP) is 1.33. The van der Waals surface area contributed by atoms with Crippen molar-refractivity contribution in [2.45, 2.75) is 13.0 Å². The van der Waals surface area contributed by atoms with Crippen molar-refractivity contribution in [3.63, 3.8) is 0 Å². The molecular formula is C20H20N4O3. The quantitative estimate of drug-likeness (QED) is 0.619. The maximum absolute atomic E-state index is 12.4. The number of benzene rings is 2. The maximum atomic E-state index is 12.4. The zero-order valence-corrected chi connectivity index (χ0v) is 14.7. The summed E-state index contributed by atoms with van der Waals surface area (Å²) in [5.41, 5.74) is 1.05. The monoisotopic (exact) mass is 364 g/mol. The third-order valence-electron chi connectivity index (χ3n) is 4.08. The topological polar surface area (TPSA) is 93.1 Å². The zero-order chi connectivity index (χ0) is 19.1. The van der Waals surface area contributed by atoms with Gasteiger partial charge in [0.15, 0.2) is 0 Å². The summed E-state index contributed by atoms with van der Waals surface area (Å²) in [5, 5.41) is 6.00. The molecule has 0 atom stereocenters. The lowest BCUT2D eigenvalue weighted by Crippen LogP contribution is -2.35. The van der Waals surface area contributed by atoms with E-state index in [1.165, 1.54) is 10.9 Å². The highest BCUT2D eigenvalue weighted by Crippen LogP contribution is 2.04. The second kappa shape index (κ2) is 8.75. The summed E-state index contributed by atoms with van der Waals surface area (Å²) in [4.78, 5) is 40.4. The van der Waals surface area contributed by atoms with Gasteiger partial charge in [-0.2, -0.15) is 0 Å². The highest BCUT2D eigenvalue weighted by molar-refractivity contribution is 5.94. The Bertz CT molecular complexity index is 999. The highest BCUT2D eigenvalue weighted by Gasteiger charge is 2.07. The number of hydrogen-bond donors (Lipinski definition) is 2. The molecule has 7 nitrogen and oxygen atoms in total. The van der Waals surface area contributed by atoms with Gasteiger partial charge in [0.05, 0.1) is 17.2 Å². The third kappa shape index (κ3) is 4.78. The Balaban J connectivity index is 1.43. The fraction of sp³-hybridized carbons (Fsp3) is 0.200. The molecule has 1 heterocycles. The Kier molecular flexibility index (Phi) is 5.94. The largest absolute Gasteiger partial charge is 0.354 e. The summed E-state index contributed by atoms with van der Waals surface area (Å²) in [5.74, 6) is -0.373. The van der Waals surface area contributed by atoms with E-state index in [0.29, 0.717) is 29.6 Å². The van der Waals surface area contributed by atoms with Crippen LogP contribution in [0.5, 0.6) is 0 Å². The van der Waals surface area contributed by atoms with E-state index in [4.69, 9.17) is 0 Å². The number of rotatable bonds is 7. The van der Waals surface area contributed by atoms with E-state index in [1.807, 2.05) is 12.1 Å². The van der Waals surface area contributed by atoms with Crippen LogP contribution in [0.1, 0.15) is 16.8 Å². The van der Waals surface area contributed by atoms with Gasteiger partial charge in [0, 0.05) is 31.6 Å². The van der Waals surface area contributed by atoms with Crippen LogP contribution in [0.3, 0.4) is 0 Å². The van der Waals surface area contributed by atoms with Crippen molar-refractivity contribution in [2.75, 3.05) is 13.1 Å². The molecule has 0 aliphatic rings. The minimum Gasteiger partial charge on any atom is -0.354 e. The highest BCUT2D eigenvalue weighted by atomic mass is 16.2. The summed E-state index contributed by atoms with van der Waals surface area (Å²) in [6.07, 6.45) is 1.62. The van der Waals surface area contributed by atoms with Gasteiger partial charge in [0.1, 0.15) is 0 Å². The molecule has 2 amide bonds. The van der Waals surface area contributed by atoms with Gasteiger partial charge in [-0.05, 0) is 24.3 Å². The van der Waals surface area contributed by atoms with Crippen LogP contribution < -0.4 is 16.2 Å². The van der Waals surface area contributed by atoms with Crippen molar-refractivity contribution in [1.82, 2.24) is 20.2 Å². The first kappa shape index (κ1) is 18.3. The van der Waals surface area contributed by atoms with Crippen LogP contribution >= 0.6 is 0 Å². The van der Waals surface area contributed by atoms with Crippen molar-refractivity contribution >= 4 is 22.7 Å². The van der Waals surface area contributed by atoms with Gasteiger partial charge >= 0.3 is 0 Å². The summed E-state index contributed by atoms with van der Waals surface area (Å²) < 4.78 is 1.43. The fourth-order valence-electron chi connectivity index (χ4n) is 2.65. The molecule has 0 radical (unpaired) electrons. The molecule has 0 aliphatic carbocycles. The number of amides is 2. The van der Waals surface area contributed by atoms with Crippen molar-refractivity contribution in [3.05, 3.63) is 76.8 Å². The normalized spacial score (nSPS) is 10.5. The van der Waals surface area contributed by atoms with E-state index in [0.717, 1.165) is 0 Å². The fourth-order valence-corrected chi connectivity index (χ4v) is 2.65. The SMILES string of the molecule is O=C(CCn1cnc2ccccc2c1=O)NCCNC(=O)c1ccccc1. The average molecular weight is 364 g/mol. The molecule has 0 unspecified atom stereocenters. The molecule has 3 aromatic rings. The van der Waals surface area contributed by atoms with Gasteiger partial charge in [-0.15, -0.1) is 0 Å². The van der Waals surface area contributed by atoms with Crippen LogP contribution in [0.25, 0.3) is 10.9 Å². The zero-order valence-electron chi connectivity index (χ0n) is 14.7. The van der Waals surface area contributed by atoms with Crippen LogP contribution in [0, 0.1) is 0 Å². The number of nitrogens with zero attached hydrogens (tertiary/aromatic N) is 2. The summed E-state index contributed by atoms with van der Waals surface area (Å²) >= 11 is 0. The number of nitrogens with one attached hydrogen (secondary N) is 2. The summed E-state index contributed by atoms with van der Waals surface area (Å²) in [7, 11) is 0. The molecule has 27 heavy (non-hydrogen) atoms. The Morgan fingerprint density at radius 1 is 0.926 bits per heavy atom. The van der Waals surface area contributed by atoms with Gasteiger partial charge in [-0.3, -0.25) is 19.0 Å². The summed E-state index contributed by atoms with van der Waals surface area (Å²) in [6.45, 7) is 0.901. The Labute approximate surface area is 156 Å². The lowest BCUT2D eigenvalue weighted by Gasteiger charge is -2.08. The molecule has 0 fully saturated rings. The number of hydrogen-bond acceptors (Lipinski definition) is 4. The molecule has 0 bridgehead atoms. The summed E-state index contributed by atoms with van der Waals surface area (Å²) in [6, 6.07) is 16.0. The van der Waals surface area contributed by atoms with E-state index in [1.54, 1.807) is 42.5 Å². The number of para-hydroxylation sites is 1. The molecule has 3 rings (SSSR count). The maximum Gasteiger partial charge on any atom is 0.261 e. The standard InChI is InChI=1S/C20H20N4O3/c25-18(21-11-12-22-19(26)15-6-2-1-3-7-15)10-13-24-14-23-17-9-5-4-8-16(17)20(24)27/h1-9,14H,10-13H2,(H,21,25)(H,22,26). The van der Waals surface area contributed by atoms with E-state index < -0.39 is 0 Å². The molecular weight excluding hydrogens is 344 g/mol. The van der Waals surface area contributed by atoms with Crippen LogP contribution in [0.15, 0.2) is 65.7 Å². The minimum atomic E-state index is -0.191. The van der Waals surface area contributed by atoms with Crippen LogP contribution in [0.2, 0.25) is 0 Å². The molecule has 2 N–H and O–H groups in total. The van der Waals surface area contributed by atoms with Gasteiger partial charge in [0.2, 0.25) is 5.91 Å². The predicted molar refractivity (Wildman–Crippen MR) is 102 cm³/mol. The van der Waals surface area contributed by atoms with Gasteiger partial charge < -0.3 is 10.6 Å². The second-order valence-corrected chi connectivity index (χ2v) is 5.98. The van der Waals surface area contributed by atoms with Crippen molar-refractivity contribution in [3.8, 4) is 0 Å². The Morgan fingerprint density at radius 2 is 1.63 bits per heavy atom. The average Bonchev–Trinajstić information content (AvgIpc) is 2.71. The Hall–Kier alpha value is -3.48. The lowest BCUT2D eigenvalue weighted by molar-refractivity contribution is -0.121. The first-order chi connectivity index (χ1) is 13.1. The molecule has 1 aromatic heterocycles. The smallest absolute Gasteiger partial charge is 0.261 e. The van der Waals surface area contributed by atoms with E-state index in [9.17, 15) is 14.4 Å². The van der Waals surface area contributed by atoms with Gasteiger partial charge in [-0.25, -0.2) is 4.98 Å². The van der Waals surface area contributed by atoms with Crippen molar-refractivity contribution < 1.29 is 9.59 Å². The van der Waals surface area contributed by atoms with Crippen LogP contribution in [-0.2, 0) is 11.3 Å². The van der Waals surface area contributed by atoms with Gasteiger partial charge in [-0.1, -0.05) is 30.3 Å². The van der Waals surface area contributed by atoms with Crippen LogP contribution in [-0.4, -0.2) is 34.5 Å². The number of aryl methyl sites for hydroxylation is 1. The first-order valence-corrected chi connectivity index (χ1v) is 8.69. The molecule has 0 spiro atoms. The number of carbonyl (C=O) groups is 2. The number of carbonyl (C=O) groups excluding carboxylic acids is 2. The van der Waals surface area contributed by atoms with Crippen molar-refractivity contribution in [2.24, 2.45) is 0 Å². The molecule has 138 valence electrons. The van der Waals surface area contributed by atoms with E-state index >= 15 is 0 Å². The van der Waals surface area contributed by atoms with E-state index in [2.05, 4.69) is 15.6 Å². The first-order valence-electron chi connectivity index (χ1n) is 8.69. The molecule has 7 heteroatoms. The molecule has 0 saturated carbocycles. The molecule has 2 aromatic carbocycles. The van der Waals surface area contributed by atoms with Crippen LogP contribution in [0.4, 0.5) is 0 Å². The van der Waals surface area contributed by atoms with E-state index in [-0.39, 0.29) is 30.3 Å². The number of fused-ring (bicyclic) bond motifs is 1. The second-order valence-electron chi connectivity index (χ2n) is 5.98. The van der Waals surface area contributed by atoms with Crippen molar-refractivity contribution in [1.29, 1.82) is 0 Å².